The summed E-state index contributed by atoms with van der Waals surface area (Å²) in [5.74, 6) is 0.927. The number of amides is 3. The summed E-state index contributed by atoms with van der Waals surface area (Å²) in [6, 6.07) is 8.65. The van der Waals surface area contributed by atoms with E-state index in [-0.39, 0.29) is 29.6 Å². The third-order valence-corrected chi connectivity index (χ3v) is 6.49. The Labute approximate surface area is 160 Å². The van der Waals surface area contributed by atoms with Gasteiger partial charge in [0.05, 0.1) is 12.1 Å². The highest BCUT2D eigenvalue weighted by atomic mass is 32.2. The quantitative estimate of drug-likeness (QED) is 0.402. The van der Waals surface area contributed by atoms with E-state index in [1.165, 1.54) is 6.07 Å². The molecule has 1 aromatic heterocycles. The van der Waals surface area contributed by atoms with Crippen molar-refractivity contribution in [2.45, 2.75) is 43.0 Å². The first kappa shape index (κ1) is 17.9. The van der Waals surface area contributed by atoms with Gasteiger partial charge in [0.1, 0.15) is 5.58 Å². The fraction of sp³-hybridized carbons (Fsp3) is 0.421. The summed E-state index contributed by atoms with van der Waals surface area (Å²) in [5, 5.41) is 10.0. The number of unbranched alkanes of at least 4 members (excludes halogenated alkanes) is 1. The van der Waals surface area contributed by atoms with Gasteiger partial charge in [-0.1, -0.05) is 6.42 Å². The van der Waals surface area contributed by atoms with Crippen LogP contribution < -0.4 is 21.6 Å². The molecule has 1 aromatic carbocycles. The van der Waals surface area contributed by atoms with Crippen molar-refractivity contribution in [1.29, 1.82) is 0 Å². The van der Waals surface area contributed by atoms with Crippen LogP contribution in [0.2, 0.25) is 0 Å². The number of benzene rings is 1. The summed E-state index contributed by atoms with van der Waals surface area (Å²) < 4.78 is 5.09. The number of hydrogen-bond acceptors (Lipinski definition) is 5. The van der Waals surface area contributed by atoms with E-state index in [9.17, 15) is 14.4 Å². The Morgan fingerprint density at radius 3 is 2.96 bits per heavy atom. The van der Waals surface area contributed by atoms with Gasteiger partial charge in [-0.15, -0.1) is 0 Å². The van der Waals surface area contributed by atoms with E-state index in [1.54, 1.807) is 24.3 Å². The van der Waals surface area contributed by atoms with Crippen molar-refractivity contribution in [3.63, 3.8) is 0 Å². The monoisotopic (exact) mass is 387 g/mol. The number of hydrogen-bond donors (Lipinski definition) is 3. The number of nitrogens with one attached hydrogen (secondary N) is 3. The van der Waals surface area contributed by atoms with Gasteiger partial charge in [0.2, 0.25) is 5.91 Å². The van der Waals surface area contributed by atoms with E-state index in [2.05, 4.69) is 16.0 Å². The van der Waals surface area contributed by atoms with Crippen molar-refractivity contribution >= 4 is 40.4 Å². The van der Waals surface area contributed by atoms with E-state index in [4.69, 9.17) is 4.42 Å². The molecule has 2 saturated heterocycles. The molecule has 7 nitrogen and oxygen atoms in total. The molecule has 0 saturated carbocycles. The zero-order chi connectivity index (χ0) is 18.8. The lowest BCUT2D eigenvalue weighted by atomic mass is 10.0. The molecule has 0 radical (unpaired) electrons. The van der Waals surface area contributed by atoms with E-state index in [0.717, 1.165) is 30.4 Å². The number of carbonyl (C=O) groups is 2. The fourth-order valence-electron chi connectivity index (χ4n) is 3.65. The normalized spacial score (nSPS) is 23.7. The van der Waals surface area contributed by atoms with Crippen molar-refractivity contribution in [2.75, 3.05) is 11.1 Å². The van der Waals surface area contributed by atoms with Crippen molar-refractivity contribution in [3.05, 3.63) is 40.8 Å². The molecule has 2 aromatic rings. The first-order valence-electron chi connectivity index (χ1n) is 9.11. The van der Waals surface area contributed by atoms with Crippen LogP contribution >= 0.6 is 11.8 Å². The standard InChI is InChI=1S/C19H21N3O4S/c23-16(20-12-6-7-14-11(9-12)5-8-17(24)26-14)4-2-1-3-15-18-13(10-27-15)21-19(25)22-18/h5-9,13,15,18H,1-4,10H2,(H,20,23)(H2,21,22,25)/t13-,15+,18+/m0/s1. The molecule has 3 amide bonds. The lowest BCUT2D eigenvalue weighted by Crippen LogP contribution is -2.36. The van der Waals surface area contributed by atoms with E-state index in [1.807, 2.05) is 11.8 Å². The fourth-order valence-corrected chi connectivity index (χ4v) is 5.19. The lowest BCUT2D eigenvalue weighted by Gasteiger charge is -2.16. The number of urea groups is 1. The molecule has 3 heterocycles. The van der Waals surface area contributed by atoms with Crippen LogP contribution in [0.15, 0.2) is 39.5 Å². The predicted octanol–water partition coefficient (Wildman–Crippen LogP) is 2.46. The highest BCUT2D eigenvalue weighted by Gasteiger charge is 2.42. The minimum absolute atomic E-state index is 0.0282. The molecule has 0 aliphatic carbocycles. The van der Waals surface area contributed by atoms with Gasteiger partial charge in [-0.2, -0.15) is 11.8 Å². The second-order valence-corrected chi connectivity index (χ2v) is 8.20. The van der Waals surface area contributed by atoms with Crippen molar-refractivity contribution in [3.8, 4) is 0 Å². The summed E-state index contributed by atoms with van der Waals surface area (Å²) in [7, 11) is 0. The van der Waals surface area contributed by atoms with Gasteiger partial charge in [0.15, 0.2) is 0 Å². The third kappa shape index (κ3) is 4.10. The van der Waals surface area contributed by atoms with Crippen molar-refractivity contribution in [1.82, 2.24) is 10.6 Å². The van der Waals surface area contributed by atoms with Crippen LogP contribution in [-0.2, 0) is 4.79 Å². The molecule has 142 valence electrons. The van der Waals surface area contributed by atoms with Gasteiger partial charge in [0.25, 0.3) is 0 Å². The first-order chi connectivity index (χ1) is 13.1. The smallest absolute Gasteiger partial charge is 0.336 e. The van der Waals surface area contributed by atoms with Gasteiger partial charge in [-0.05, 0) is 37.1 Å². The Balaban J connectivity index is 1.22. The highest BCUT2D eigenvalue weighted by molar-refractivity contribution is 8.00. The molecule has 0 unspecified atom stereocenters. The molecule has 0 bridgehead atoms. The van der Waals surface area contributed by atoms with Gasteiger partial charge < -0.3 is 20.4 Å². The van der Waals surface area contributed by atoms with Crippen LogP contribution in [0, 0.1) is 0 Å². The minimum Gasteiger partial charge on any atom is -0.423 e. The Morgan fingerprint density at radius 1 is 1.19 bits per heavy atom. The van der Waals surface area contributed by atoms with Crippen LogP contribution in [0.3, 0.4) is 0 Å². The molecule has 2 aliphatic rings. The molecule has 3 atom stereocenters. The molecule has 3 N–H and O–H groups in total. The maximum Gasteiger partial charge on any atom is 0.336 e. The second kappa shape index (κ2) is 7.64. The van der Waals surface area contributed by atoms with E-state index in [0.29, 0.717) is 22.9 Å². The number of anilines is 1. The summed E-state index contributed by atoms with van der Waals surface area (Å²) >= 11 is 1.89. The van der Waals surface area contributed by atoms with Gasteiger partial charge in [-0.25, -0.2) is 9.59 Å². The Kier molecular flexibility index (Phi) is 5.07. The average molecular weight is 387 g/mol. The molecule has 2 fully saturated rings. The molecule has 0 spiro atoms. The van der Waals surface area contributed by atoms with Gasteiger partial charge in [-0.3, -0.25) is 4.79 Å². The SMILES string of the molecule is O=C(CCCC[C@H]1SC[C@@H]2NC(=O)N[C@H]21)Nc1ccc2oc(=O)ccc2c1. The predicted molar refractivity (Wildman–Crippen MR) is 105 cm³/mol. The summed E-state index contributed by atoms with van der Waals surface area (Å²) in [6.07, 6.45) is 3.21. The molecular weight excluding hydrogens is 366 g/mol. The Bertz CT molecular complexity index is 929. The zero-order valence-corrected chi connectivity index (χ0v) is 15.5. The number of thioether (sulfide) groups is 1. The summed E-state index contributed by atoms with van der Waals surface area (Å²) in [6.45, 7) is 0. The average Bonchev–Trinajstić information content (AvgIpc) is 3.18. The highest BCUT2D eigenvalue weighted by Crippen LogP contribution is 2.33. The lowest BCUT2D eigenvalue weighted by molar-refractivity contribution is -0.116. The van der Waals surface area contributed by atoms with Crippen molar-refractivity contribution < 1.29 is 14.0 Å². The third-order valence-electron chi connectivity index (χ3n) is 4.98. The molecule has 2 aliphatic heterocycles. The largest absolute Gasteiger partial charge is 0.423 e. The van der Waals surface area contributed by atoms with Crippen LogP contribution in [-0.4, -0.2) is 35.0 Å². The molecule has 8 heteroatoms. The Morgan fingerprint density at radius 2 is 2.07 bits per heavy atom. The van der Waals surface area contributed by atoms with Crippen molar-refractivity contribution in [2.24, 2.45) is 0 Å². The molecule has 27 heavy (non-hydrogen) atoms. The number of rotatable bonds is 6. The first-order valence-corrected chi connectivity index (χ1v) is 10.2. The number of carbonyl (C=O) groups excluding carboxylic acids is 2. The van der Waals surface area contributed by atoms with Crippen LogP contribution in [0.1, 0.15) is 25.7 Å². The van der Waals surface area contributed by atoms with E-state index < -0.39 is 0 Å². The summed E-state index contributed by atoms with van der Waals surface area (Å²) in [4.78, 5) is 34.8. The second-order valence-electron chi connectivity index (χ2n) is 6.92. The molecular formula is C19H21N3O4S. The number of fused-ring (bicyclic) bond motifs is 2. The maximum atomic E-state index is 12.2. The maximum absolute atomic E-state index is 12.2. The van der Waals surface area contributed by atoms with Gasteiger partial charge in [0, 0.05) is 34.6 Å². The summed E-state index contributed by atoms with van der Waals surface area (Å²) in [5.41, 5.74) is 0.802. The van der Waals surface area contributed by atoms with Crippen LogP contribution in [0.5, 0.6) is 0 Å². The minimum atomic E-state index is -0.390. The Hall–Kier alpha value is -2.48. The van der Waals surface area contributed by atoms with Crippen LogP contribution in [0.4, 0.5) is 10.5 Å². The zero-order valence-electron chi connectivity index (χ0n) is 14.7. The van der Waals surface area contributed by atoms with E-state index >= 15 is 0 Å². The topological polar surface area (TPSA) is 100 Å². The van der Waals surface area contributed by atoms with Crippen LogP contribution in [0.25, 0.3) is 11.0 Å². The molecule has 4 rings (SSSR count). The van der Waals surface area contributed by atoms with Gasteiger partial charge >= 0.3 is 11.7 Å².